The fraction of sp³-hybridized carbons (Fsp3) is 0. The predicted molar refractivity (Wildman–Crippen MR) is 72.3 cm³/mol. The fourth-order valence-electron chi connectivity index (χ4n) is 1.82. The molecule has 3 aromatic rings. The largest absolute Gasteiger partial charge is 0.380 e. The zero-order chi connectivity index (χ0) is 14.1. The molecule has 0 amide bonds. The first kappa shape index (κ1) is 12.6. The minimum Gasteiger partial charge on any atom is -0.380 e. The molecule has 20 heavy (non-hydrogen) atoms. The number of nitrogens with zero attached hydrogens (tertiary/aromatic N) is 3. The number of anilines is 1. The van der Waals surface area contributed by atoms with Gasteiger partial charge >= 0.3 is 0 Å². The van der Waals surface area contributed by atoms with E-state index in [0.29, 0.717) is 17.0 Å². The highest BCUT2D eigenvalue weighted by Crippen LogP contribution is 2.38. The van der Waals surface area contributed by atoms with Gasteiger partial charge in [-0.15, -0.1) is 0 Å². The van der Waals surface area contributed by atoms with Crippen LogP contribution in [0.25, 0.3) is 22.7 Å². The molecule has 0 bridgehead atoms. The van der Waals surface area contributed by atoms with Gasteiger partial charge in [-0.25, -0.2) is 14.4 Å². The van der Waals surface area contributed by atoms with Crippen molar-refractivity contribution in [1.29, 1.82) is 0 Å². The average molecular weight is 291 g/mol. The van der Waals surface area contributed by atoms with Crippen LogP contribution in [-0.4, -0.2) is 15.1 Å². The molecule has 0 aliphatic heterocycles. The average Bonchev–Trinajstić information content (AvgIpc) is 2.82. The van der Waals surface area contributed by atoms with Gasteiger partial charge in [0.25, 0.3) is 0 Å². The van der Waals surface area contributed by atoms with Gasteiger partial charge in [-0.05, 0) is 24.3 Å². The van der Waals surface area contributed by atoms with E-state index < -0.39 is 5.82 Å². The summed E-state index contributed by atoms with van der Waals surface area (Å²) in [5, 5.41) is 3.91. The Morgan fingerprint density at radius 1 is 1.20 bits per heavy atom. The number of nitrogen functional groups attached to an aromatic ring is 1. The maximum atomic E-state index is 13.1. The van der Waals surface area contributed by atoms with Crippen LogP contribution in [0, 0.1) is 5.82 Å². The Hall–Kier alpha value is -2.47. The quantitative estimate of drug-likeness (QED) is 0.784. The van der Waals surface area contributed by atoms with Crippen LogP contribution in [0.3, 0.4) is 0 Å². The molecule has 0 atom stereocenters. The highest BCUT2D eigenvalue weighted by atomic mass is 35.5. The minimum absolute atomic E-state index is 0.140. The Bertz CT molecular complexity index is 760. The summed E-state index contributed by atoms with van der Waals surface area (Å²) in [4.78, 5) is 8.16. The number of rotatable bonds is 2. The van der Waals surface area contributed by atoms with E-state index in [1.807, 2.05) is 0 Å². The Balaban J connectivity index is 2.22. The van der Waals surface area contributed by atoms with Crippen molar-refractivity contribution in [1.82, 2.24) is 15.1 Å². The second kappa shape index (κ2) is 4.90. The first-order valence-corrected chi connectivity index (χ1v) is 6.02. The van der Waals surface area contributed by atoms with Crippen LogP contribution in [0.15, 0.2) is 41.2 Å². The Labute approximate surface area is 118 Å². The summed E-state index contributed by atoms with van der Waals surface area (Å²) in [6, 6.07) is 5.66. The number of nitrogens with two attached hydrogens (primary N) is 1. The first-order chi connectivity index (χ1) is 9.66. The van der Waals surface area contributed by atoms with Crippen LogP contribution in [0.5, 0.6) is 0 Å². The number of benzene rings is 1. The SMILES string of the molecule is Nc1noc(-c2ncccn2)c1-c1ccc(F)cc1Cl. The van der Waals surface area contributed by atoms with E-state index in [4.69, 9.17) is 21.9 Å². The molecule has 0 fully saturated rings. The Morgan fingerprint density at radius 2 is 1.95 bits per heavy atom. The van der Waals surface area contributed by atoms with Gasteiger partial charge in [-0.3, -0.25) is 0 Å². The summed E-state index contributed by atoms with van der Waals surface area (Å²) in [6.45, 7) is 0. The fourth-order valence-corrected chi connectivity index (χ4v) is 2.09. The van der Waals surface area contributed by atoms with Crippen molar-refractivity contribution in [2.45, 2.75) is 0 Å². The van der Waals surface area contributed by atoms with Gasteiger partial charge in [0.15, 0.2) is 11.6 Å². The smallest absolute Gasteiger partial charge is 0.214 e. The van der Waals surface area contributed by atoms with E-state index in [0.717, 1.165) is 0 Å². The second-order valence-electron chi connectivity index (χ2n) is 3.97. The van der Waals surface area contributed by atoms with Gasteiger partial charge in [0.05, 0.1) is 10.6 Å². The number of hydrogen-bond donors (Lipinski definition) is 1. The van der Waals surface area contributed by atoms with E-state index in [1.54, 1.807) is 18.5 Å². The Morgan fingerprint density at radius 3 is 2.65 bits per heavy atom. The molecule has 0 saturated heterocycles. The third kappa shape index (κ3) is 2.10. The van der Waals surface area contributed by atoms with Crippen LogP contribution >= 0.6 is 11.6 Å². The molecule has 7 heteroatoms. The van der Waals surface area contributed by atoms with Gasteiger partial charge in [0.2, 0.25) is 5.76 Å². The van der Waals surface area contributed by atoms with Crippen LogP contribution in [-0.2, 0) is 0 Å². The molecule has 0 aliphatic rings. The lowest BCUT2D eigenvalue weighted by Crippen LogP contribution is -1.92. The molecule has 0 unspecified atom stereocenters. The molecule has 2 heterocycles. The number of halogens is 2. The number of hydrogen-bond acceptors (Lipinski definition) is 5. The maximum absolute atomic E-state index is 13.1. The van der Waals surface area contributed by atoms with Gasteiger partial charge in [0, 0.05) is 18.0 Å². The lowest BCUT2D eigenvalue weighted by molar-refractivity contribution is 0.433. The molecule has 2 N–H and O–H groups in total. The van der Waals surface area contributed by atoms with Gasteiger partial charge in [-0.2, -0.15) is 0 Å². The van der Waals surface area contributed by atoms with Crippen molar-refractivity contribution in [2.75, 3.05) is 5.73 Å². The first-order valence-electron chi connectivity index (χ1n) is 5.65. The van der Waals surface area contributed by atoms with E-state index >= 15 is 0 Å². The van der Waals surface area contributed by atoms with Crippen molar-refractivity contribution in [3.8, 4) is 22.7 Å². The van der Waals surface area contributed by atoms with Gasteiger partial charge in [0.1, 0.15) is 5.82 Å². The molecular formula is C13H8ClFN4O. The van der Waals surface area contributed by atoms with E-state index in [2.05, 4.69) is 15.1 Å². The maximum Gasteiger partial charge on any atom is 0.214 e. The zero-order valence-electron chi connectivity index (χ0n) is 10.0. The summed E-state index contributed by atoms with van der Waals surface area (Å²) in [7, 11) is 0. The Kier molecular flexibility index (Phi) is 3.08. The van der Waals surface area contributed by atoms with Gasteiger partial charge in [-0.1, -0.05) is 16.8 Å². The molecule has 0 saturated carbocycles. The highest BCUT2D eigenvalue weighted by Gasteiger charge is 2.21. The van der Waals surface area contributed by atoms with Gasteiger partial charge < -0.3 is 10.3 Å². The normalized spacial score (nSPS) is 10.7. The molecule has 2 aromatic heterocycles. The van der Waals surface area contributed by atoms with E-state index in [-0.39, 0.29) is 16.6 Å². The lowest BCUT2D eigenvalue weighted by Gasteiger charge is -2.04. The van der Waals surface area contributed by atoms with Crippen molar-refractivity contribution in [3.63, 3.8) is 0 Å². The summed E-state index contributed by atoms with van der Waals surface area (Å²) in [6.07, 6.45) is 3.13. The van der Waals surface area contributed by atoms with Crippen molar-refractivity contribution in [2.24, 2.45) is 0 Å². The summed E-state index contributed by atoms with van der Waals surface area (Å²) >= 11 is 6.05. The van der Waals surface area contributed by atoms with Crippen LogP contribution < -0.4 is 5.73 Å². The molecule has 5 nitrogen and oxygen atoms in total. The van der Waals surface area contributed by atoms with E-state index in [1.165, 1.54) is 18.2 Å². The lowest BCUT2D eigenvalue weighted by atomic mass is 10.1. The molecule has 100 valence electrons. The molecule has 0 aliphatic carbocycles. The summed E-state index contributed by atoms with van der Waals surface area (Å²) in [5.74, 6) is 0.316. The van der Waals surface area contributed by atoms with Crippen molar-refractivity contribution < 1.29 is 8.91 Å². The summed E-state index contributed by atoms with van der Waals surface area (Å²) < 4.78 is 18.3. The molecule has 3 rings (SSSR count). The molecule has 1 aromatic carbocycles. The van der Waals surface area contributed by atoms with Crippen molar-refractivity contribution >= 4 is 17.4 Å². The van der Waals surface area contributed by atoms with Crippen LogP contribution in [0.2, 0.25) is 5.02 Å². The molecule has 0 spiro atoms. The number of aromatic nitrogens is 3. The monoisotopic (exact) mass is 290 g/mol. The third-order valence-electron chi connectivity index (χ3n) is 2.69. The highest BCUT2D eigenvalue weighted by molar-refractivity contribution is 6.33. The topological polar surface area (TPSA) is 77.8 Å². The third-order valence-corrected chi connectivity index (χ3v) is 3.00. The standard InChI is InChI=1S/C13H8ClFN4O/c14-9-6-7(15)2-3-8(9)10-11(20-19-12(10)16)13-17-4-1-5-18-13/h1-6H,(H2,16,19). The minimum atomic E-state index is -0.439. The van der Waals surface area contributed by atoms with E-state index in [9.17, 15) is 4.39 Å². The predicted octanol–water partition coefficient (Wildman–Crippen LogP) is 3.17. The molecular weight excluding hydrogens is 283 g/mol. The summed E-state index contributed by atoms with van der Waals surface area (Å²) in [5.41, 5.74) is 6.76. The zero-order valence-corrected chi connectivity index (χ0v) is 10.8. The molecule has 0 radical (unpaired) electrons. The van der Waals surface area contributed by atoms with Crippen molar-refractivity contribution in [3.05, 3.63) is 47.5 Å². The van der Waals surface area contributed by atoms with Crippen LogP contribution in [0.1, 0.15) is 0 Å². The van der Waals surface area contributed by atoms with Crippen LogP contribution in [0.4, 0.5) is 10.2 Å². The second-order valence-corrected chi connectivity index (χ2v) is 4.38.